The summed E-state index contributed by atoms with van der Waals surface area (Å²) < 4.78 is 5.34. The largest absolute Gasteiger partial charge is 0.382 e. The molecule has 0 heterocycles. The van der Waals surface area contributed by atoms with E-state index in [1.807, 2.05) is 6.92 Å². The molecule has 6 nitrogen and oxygen atoms in total. The number of amides is 1. The van der Waals surface area contributed by atoms with Crippen molar-refractivity contribution >= 4 is 11.9 Å². The van der Waals surface area contributed by atoms with Crippen LogP contribution in [0, 0.1) is 5.41 Å². The number of hydrogen-bond donors (Lipinski definition) is 2. The number of carbonyl (C=O) groups excluding carboxylic acids is 1. The molecule has 142 valence electrons. The molecule has 0 aliphatic heterocycles. The van der Waals surface area contributed by atoms with Crippen molar-refractivity contribution in [2.24, 2.45) is 10.4 Å². The lowest BCUT2D eigenvalue weighted by Gasteiger charge is -2.23. The second kappa shape index (κ2) is 12.1. The molecule has 1 amide bonds. The molecule has 0 bridgehead atoms. The first-order valence-electron chi connectivity index (χ1n) is 8.98. The van der Waals surface area contributed by atoms with Gasteiger partial charge < -0.3 is 20.3 Å². The predicted molar refractivity (Wildman–Crippen MR) is 101 cm³/mol. The van der Waals surface area contributed by atoms with E-state index in [1.54, 1.807) is 19.0 Å². The minimum atomic E-state index is -0.00670. The second-order valence-corrected chi connectivity index (χ2v) is 7.57. The first-order chi connectivity index (χ1) is 11.2. The van der Waals surface area contributed by atoms with E-state index in [-0.39, 0.29) is 12.5 Å². The Morgan fingerprint density at radius 3 is 2.50 bits per heavy atom. The zero-order chi connectivity index (χ0) is 18.6. The van der Waals surface area contributed by atoms with Crippen molar-refractivity contribution in [3.63, 3.8) is 0 Å². The maximum Gasteiger partial charge on any atom is 0.243 e. The molecule has 24 heavy (non-hydrogen) atoms. The Morgan fingerprint density at radius 1 is 1.29 bits per heavy atom. The van der Waals surface area contributed by atoms with Crippen molar-refractivity contribution in [3.8, 4) is 0 Å². The molecule has 0 spiro atoms. The SMILES string of the molecule is CCOCCCNC(=NCC(=O)N(C)C)NC(C)CCC(C)(C)C. The number of aliphatic imine (C=N–C) groups is 1. The summed E-state index contributed by atoms with van der Waals surface area (Å²) in [6.45, 7) is 13.3. The smallest absolute Gasteiger partial charge is 0.243 e. The number of guanidine groups is 1. The van der Waals surface area contributed by atoms with Crippen molar-refractivity contribution in [1.82, 2.24) is 15.5 Å². The molecule has 0 aliphatic carbocycles. The monoisotopic (exact) mass is 342 g/mol. The molecule has 0 radical (unpaired) electrons. The third-order valence-electron chi connectivity index (χ3n) is 3.54. The van der Waals surface area contributed by atoms with Gasteiger partial charge in [-0.1, -0.05) is 20.8 Å². The van der Waals surface area contributed by atoms with Crippen LogP contribution in [0.5, 0.6) is 0 Å². The Hall–Kier alpha value is -1.30. The molecule has 0 saturated carbocycles. The molecule has 0 rings (SSSR count). The fourth-order valence-electron chi connectivity index (χ4n) is 1.92. The third-order valence-corrected chi connectivity index (χ3v) is 3.54. The number of ether oxygens (including phenoxy) is 1. The molecule has 0 saturated heterocycles. The van der Waals surface area contributed by atoms with Gasteiger partial charge in [0.15, 0.2) is 5.96 Å². The van der Waals surface area contributed by atoms with Gasteiger partial charge in [-0.2, -0.15) is 0 Å². The highest BCUT2D eigenvalue weighted by atomic mass is 16.5. The van der Waals surface area contributed by atoms with Gasteiger partial charge in [0.1, 0.15) is 6.54 Å². The third kappa shape index (κ3) is 13.2. The minimum absolute atomic E-state index is 0.00670. The lowest BCUT2D eigenvalue weighted by molar-refractivity contribution is -0.127. The van der Waals surface area contributed by atoms with Crippen LogP contribution in [0.2, 0.25) is 0 Å². The van der Waals surface area contributed by atoms with Gasteiger partial charge in [-0.3, -0.25) is 4.79 Å². The van der Waals surface area contributed by atoms with Crippen molar-refractivity contribution in [3.05, 3.63) is 0 Å². The lowest BCUT2D eigenvalue weighted by Crippen LogP contribution is -2.43. The van der Waals surface area contributed by atoms with Crippen LogP contribution in [0.1, 0.15) is 53.9 Å². The summed E-state index contributed by atoms with van der Waals surface area (Å²) >= 11 is 0. The normalized spacial score (nSPS) is 13.5. The van der Waals surface area contributed by atoms with Crippen LogP contribution in [-0.4, -0.2) is 63.2 Å². The molecule has 0 fully saturated rings. The summed E-state index contributed by atoms with van der Waals surface area (Å²) in [6.07, 6.45) is 3.10. The van der Waals surface area contributed by atoms with Crippen LogP contribution >= 0.6 is 0 Å². The fourth-order valence-corrected chi connectivity index (χ4v) is 1.92. The van der Waals surface area contributed by atoms with Gasteiger partial charge in [-0.15, -0.1) is 0 Å². The van der Waals surface area contributed by atoms with E-state index in [0.29, 0.717) is 17.4 Å². The minimum Gasteiger partial charge on any atom is -0.382 e. The first kappa shape index (κ1) is 22.7. The van der Waals surface area contributed by atoms with Crippen LogP contribution in [0.4, 0.5) is 0 Å². The molecule has 0 aromatic carbocycles. The average Bonchev–Trinajstić information content (AvgIpc) is 2.48. The molecule has 6 heteroatoms. The highest BCUT2D eigenvalue weighted by Crippen LogP contribution is 2.21. The lowest BCUT2D eigenvalue weighted by atomic mass is 9.89. The van der Waals surface area contributed by atoms with E-state index in [1.165, 1.54) is 0 Å². The van der Waals surface area contributed by atoms with Crippen molar-refractivity contribution in [2.45, 2.75) is 59.9 Å². The summed E-state index contributed by atoms with van der Waals surface area (Å²) in [7, 11) is 3.48. The highest BCUT2D eigenvalue weighted by molar-refractivity contribution is 5.84. The standard InChI is InChI=1S/C18H38N4O2/c1-8-24-13-9-12-19-17(20-14-16(23)22(6)7)21-15(2)10-11-18(3,4)5/h15H,8-14H2,1-7H3,(H2,19,20,21). The summed E-state index contributed by atoms with van der Waals surface area (Å²) in [6, 6.07) is 0.303. The fraction of sp³-hybridized carbons (Fsp3) is 0.889. The van der Waals surface area contributed by atoms with Crippen LogP contribution in [-0.2, 0) is 9.53 Å². The molecule has 1 atom stereocenters. The first-order valence-corrected chi connectivity index (χ1v) is 8.98. The van der Waals surface area contributed by atoms with Crippen molar-refractivity contribution in [1.29, 1.82) is 0 Å². The van der Waals surface area contributed by atoms with E-state index in [0.717, 1.165) is 39.0 Å². The van der Waals surface area contributed by atoms with Crippen LogP contribution < -0.4 is 10.6 Å². The molecule has 0 aliphatic rings. The van der Waals surface area contributed by atoms with Crippen molar-refractivity contribution in [2.75, 3.05) is 40.4 Å². The van der Waals surface area contributed by atoms with Gasteiger partial charge in [0.05, 0.1) is 0 Å². The van der Waals surface area contributed by atoms with E-state index >= 15 is 0 Å². The Morgan fingerprint density at radius 2 is 1.96 bits per heavy atom. The number of nitrogens with one attached hydrogen (secondary N) is 2. The van der Waals surface area contributed by atoms with E-state index < -0.39 is 0 Å². The Balaban J connectivity index is 4.49. The molecular formula is C18H38N4O2. The number of hydrogen-bond acceptors (Lipinski definition) is 3. The molecular weight excluding hydrogens is 304 g/mol. The Bertz CT molecular complexity index is 376. The van der Waals surface area contributed by atoms with E-state index in [9.17, 15) is 4.79 Å². The summed E-state index contributed by atoms with van der Waals surface area (Å²) in [4.78, 5) is 17.7. The van der Waals surface area contributed by atoms with Crippen LogP contribution in [0.3, 0.4) is 0 Å². The average molecular weight is 343 g/mol. The van der Waals surface area contributed by atoms with Crippen molar-refractivity contribution < 1.29 is 9.53 Å². The van der Waals surface area contributed by atoms with Gasteiger partial charge in [-0.05, 0) is 38.5 Å². The Kier molecular flexibility index (Phi) is 11.5. The summed E-state index contributed by atoms with van der Waals surface area (Å²) in [5, 5.41) is 6.69. The summed E-state index contributed by atoms with van der Waals surface area (Å²) in [5.41, 5.74) is 0.319. The highest BCUT2D eigenvalue weighted by Gasteiger charge is 2.13. The van der Waals surface area contributed by atoms with Crippen LogP contribution in [0.25, 0.3) is 0 Å². The number of carbonyl (C=O) groups is 1. The maximum absolute atomic E-state index is 11.7. The quantitative estimate of drug-likeness (QED) is 0.363. The topological polar surface area (TPSA) is 66.0 Å². The number of likely N-dealkylation sites (N-methyl/N-ethyl adjacent to an activating group) is 1. The van der Waals surface area contributed by atoms with Gasteiger partial charge in [0.2, 0.25) is 5.91 Å². The zero-order valence-electron chi connectivity index (χ0n) is 16.7. The van der Waals surface area contributed by atoms with E-state index in [4.69, 9.17) is 4.74 Å². The number of nitrogens with zero attached hydrogens (tertiary/aromatic N) is 2. The predicted octanol–water partition coefficient (Wildman–Crippen LogP) is 2.25. The van der Waals surface area contributed by atoms with Gasteiger partial charge in [0, 0.05) is 39.9 Å². The van der Waals surface area contributed by atoms with Crippen LogP contribution in [0.15, 0.2) is 4.99 Å². The maximum atomic E-state index is 11.7. The molecule has 0 aromatic heterocycles. The molecule has 1 unspecified atom stereocenters. The Labute approximate surface area is 148 Å². The number of rotatable bonds is 10. The van der Waals surface area contributed by atoms with Gasteiger partial charge in [-0.25, -0.2) is 4.99 Å². The molecule has 0 aromatic rings. The zero-order valence-corrected chi connectivity index (χ0v) is 16.7. The molecule has 2 N–H and O–H groups in total. The van der Waals surface area contributed by atoms with Gasteiger partial charge in [0.25, 0.3) is 0 Å². The van der Waals surface area contributed by atoms with E-state index in [2.05, 4.69) is 43.3 Å². The second-order valence-electron chi connectivity index (χ2n) is 7.57. The summed E-state index contributed by atoms with van der Waals surface area (Å²) in [5.74, 6) is 0.691. The van der Waals surface area contributed by atoms with Gasteiger partial charge >= 0.3 is 0 Å².